The molecule has 4 rings (SSSR count). The SMILES string of the molecule is CCCCCCCCCCc1ccc(CCC2CCC(CCc3ccc(-c4cc(F)c(Cl)c(F)c4)c(F)c3)CC2)cc1. The summed E-state index contributed by atoms with van der Waals surface area (Å²) in [6.07, 6.45) is 21.5. The quantitative estimate of drug-likeness (QED) is 0.114. The maximum absolute atomic E-state index is 14.8. The summed E-state index contributed by atoms with van der Waals surface area (Å²) in [6, 6.07) is 16.5. The predicted octanol–water partition coefficient (Wildman–Crippen LogP) is 12.5. The van der Waals surface area contributed by atoms with Gasteiger partial charge in [-0.2, -0.15) is 0 Å². The topological polar surface area (TPSA) is 0 Å². The molecule has 0 aliphatic heterocycles. The average molecular weight is 597 g/mol. The van der Waals surface area contributed by atoms with E-state index in [1.54, 1.807) is 6.07 Å². The molecule has 4 heteroatoms. The van der Waals surface area contributed by atoms with Gasteiger partial charge in [-0.05, 0) is 90.8 Å². The van der Waals surface area contributed by atoms with Crippen LogP contribution in [0.2, 0.25) is 5.02 Å². The summed E-state index contributed by atoms with van der Waals surface area (Å²) in [5.74, 6) is -0.742. The molecule has 0 saturated heterocycles. The predicted molar refractivity (Wildman–Crippen MR) is 172 cm³/mol. The second kappa shape index (κ2) is 17.1. The van der Waals surface area contributed by atoms with Crippen LogP contribution >= 0.6 is 11.6 Å². The summed E-state index contributed by atoms with van der Waals surface area (Å²) in [6.45, 7) is 2.27. The Hall–Kier alpha value is -2.26. The molecule has 0 radical (unpaired) electrons. The van der Waals surface area contributed by atoms with Gasteiger partial charge in [-0.25, -0.2) is 13.2 Å². The summed E-state index contributed by atoms with van der Waals surface area (Å²) in [5, 5.41) is -0.566. The van der Waals surface area contributed by atoms with Crippen molar-refractivity contribution in [2.75, 3.05) is 0 Å². The van der Waals surface area contributed by atoms with Gasteiger partial charge in [0.25, 0.3) is 0 Å². The zero-order valence-electron chi connectivity index (χ0n) is 25.4. The van der Waals surface area contributed by atoms with Crippen LogP contribution in [0.5, 0.6) is 0 Å². The van der Waals surface area contributed by atoms with Crippen LogP contribution in [0.1, 0.15) is 114 Å². The fourth-order valence-electron chi connectivity index (χ4n) is 6.55. The first-order valence-corrected chi connectivity index (χ1v) is 16.8. The monoisotopic (exact) mass is 596 g/mol. The summed E-state index contributed by atoms with van der Waals surface area (Å²) < 4.78 is 42.5. The molecule has 0 nitrogen and oxygen atoms in total. The van der Waals surface area contributed by atoms with E-state index in [1.165, 1.54) is 114 Å². The van der Waals surface area contributed by atoms with E-state index in [0.29, 0.717) is 5.92 Å². The van der Waals surface area contributed by atoms with Gasteiger partial charge >= 0.3 is 0 Å². The first-order chi connectivity index (χ1) is 20.4. The standard InChI is InChI=1S/C38H48ClF3/c1-2-3-4-5-6-7-8-9-10-28-11-13-29(14-12-28)15-16-30-17-19-31(20-18-30)21-22-32-23-24-34(35(40)25-32)33-26-36(41)38(39)37(42)27-33/h11-14,23-27,30-31H,2-10,15-22H2,1H3. The first-order valence-electron chi connectivity index (χ1n) is 16.4. The molecule has 1 aliphatic carbocycles. The van der Waals surface area contributed by atoms with Gasteiger partial charge in [0.05, 0.1) is 0 Å². The van der Waals surface area contributed by atoms with Gasteiger partial charge in [-0.15, -0.1) is 0 Å². The van der Waals surface area contributed by atoms with Crippen LogP contribution < -0.4 is 0 Å². The zero-order valence-corrected chi connectivity index (χ0v) is 26.1. The van der Waals surface area contributed by atoms with Crippen molar-refractivity contribution in [3.8, 4) is 11.1 Å². The Kier molecular flexibility index (Phi) is 13.3. The lowest BCUT2D eigenvalue weighted by Gasteiger charge is -2.28. The van der Waals surface area contributed by atoms with E-state index in [1.807, 2.05) is 6.07 Å². The van der Waals surface area contributed by atoms with Gasteiger partial charge in [-0.1, -0.05) is 126 Å². The normalized spacial score (nSPS) is 17.1. The minimum atomic E-state index is -0.881. The first kappa shape index (κ1) is 32.6. The van der Waals surface area contributed by atoms with Gasteiger partial charge in [-0.3, -0.25) is 0 Å². The van der Waals surface area contributed by atoms with Crippen molar-refractivity contribution in [1.29, 1.82) is 0 Å². The molecule has 0 bridgehead atoms. The Morgan fingerprint density at radius 1 is 0.571 bits per heavy atom. The number of rotatable bonds is 16. The molecule has 0 spiro atoms. The summed E-state index contributed by atoms with van der Waals surface area (Å²) >= 11 is 5.57. The molecule has 0 unspecified atom stereocenters. The highest BCUT2D eigenvalue weighted by Gasteiger charge is 2.21. The molecule has 3 aromatic rings. The number of halogens is 4. The highest BCUT2D eigenvalue weighted by atomic mass is 35.5. The number of hydrogen-bond acceptors (Lipinski definition) is 0. The van der Waals surface area contributed by atoms with Crippen molar-refractivity contribution in [1.82, 2.24) is 0 Å². The summed E-state index contributed by atoms with van der Waals surface area (Å²) in [5.41, 5.74) is 4.22. The highest BCUT2D eigenvalue weighted by Crippen LogP contribution is 2.35. The van der Waals surface area contributed by atoms with Crippen molar-refractivity contribution in [2.45, 2.75) is 116 Å². The molecular weight excluding hydrogens is 549 g/mol. The molecule has 1 aliphatic rings. The van der Waals surface area contributed by atoms with Crippen LogP contribution in [0, 0.1) is 29.3 Å². The fourth-order valence-corrected chi connectivity index (χ4v) is 6.65. The van der Waals surface area contributed by atoms with E-state index in [2.05, 4.69) is 31.2 Å². The minimum absolute atomic E-state index is 0.159. The Morgan fingerprint density at radius 3 is 1.60 bits per heavy atom. The Bertz CT molecular complexity index is 1200. The lowest BCUT2D eigenvalue weighted by molar-refractivity contribution is 0.253. The molecular formula is C38H48ClF3. The van der Waals surface area contributed by atoms with E-state index < -0.39 is 22.5 Å². The van der Waals surface area contributed by atoms with Crippen molar-refractivity contribution in [3.63, 3.8) is 0 Å². The van der Waals surface area contributed by atoms with Crippen LogP contribution in [-0.2, 0) is 19.3 Å². The van der Waals surface area contributed by atoms with E-state index >= 15 is 0 Å². The lowest BCUT2D eigenvalue weighted by Crippen LogP contribution is -2.15. The van der Waals surface area contributed by atoms with Gasteiger partial charge in [0.15, 0.2) is 0 Å². The second-order valence-corrected chi connectivity index (χ2v) is 13.0. The number of benzene rings is 3. The zero-order chi connectivity index (χ0) is 29.7. The fraction of sp³-hybridized carbons (Fsp3) is 0.526. The molecule has 0 amide bonds. The Balaban J connectivity index is 1.12. The summed E-state index contributed by atoms with van der Waals surface area (Å²) in [7, 11) is 0. The molecule has 3 aromatic carbocycles. The molecule has 0 aromatic heterocycles. The van der Waals surface area contributed by atoms with Gasteiger partial charge in [0.1, 0.15) is 22.5 Å². The minimum Gasteiger partial charge on any atom is -0.206 e. The third kappa shape index (κ3) is 10.2. The average Bonchev–Trinajstić information content (AvgIpc) is 3.00. The van der Waals surface area contributed by atoms with Crippen molar-refractivity contribution >= 4 is 11.6 Å². The largest absolute Gasteiger partial charge is 0.206 e. The molecule has 1 fully saturated rings. The van der Waals surface area contributed by atoms with E-state index in [0.717, 1.165) is 36.5 Å². The molecule has 0 N–H and O–H groups in total. The third-order valence-electron chi connectivity index (χ3n) is 9.32. The number of unbranched alkanes of at least 4 members (excludes halogenated alkanes) is 7. The van der Waals surface area contributed by atoms with E-state index in [4.69, 9.17) is 11.6 Å². The van der Waals surface area contributed by atoms with Crippen LogP contribution in [0.25, 0.3) is 11.1 Å². The Labute approximate surface area is 257 Å². The molecule has 1 saturated carbocycles. The van der Waals surface area contributed by atoms with Gasteiger partial charge < -0.3 is 0 Å². The molecule has 228 valence electrons. The van der Waals surface area contributed by atoms with E-state index in [9.17, 15) is 13.2 Å². The Morgan fingerprint density at radius 2 is 1.05 bits per heavy atom. The third-order valence-corrected chi connectivity index (χ3v) is 9.68. The van der Waals surface area contributed by atoms with Crippen LogP contribution in [-0.4, -0.2) is 0 Å². The number of hydrogen-bond donors (Lipinski definition) is 0. The highest BCUT2D eigenvalue weighted by molar-refractivity contribution is 6.31. The van der Waals surface area contributed by atoms with Crippen molar-refractivity contribution in [2.24, 2.45) is 11.8 Å². The molecule has 0 atom stereocenters. The molecule has 0 heterocycles. The van der Waals surface area contributed by atoms with Crippen LogP contribution in [0.4, 0.5) is 13.2 Å². The van der Waals surface area contributed by atoms with Gasteiger partial charge in [0.2, 0.25) is 0 Å². The van der Waals surface area contributed by atoms with Crippen molar-refractivity contribution < 1.29 is 13.2 Å². The maximum Gasteiger partial charge on any atom is 0.145 e. The van der Waals surface area contributed by atoms with Crippen molar-refractivity contribution in [3.05, 3.63) is 93.8 Å². The maximum atomic E-state index is 14.8. The van der Waals surface area contributed by atoms with E-state index in [-0.39, 0.29) is 11.1 Å². The second-order valence-electron chi connectivity index (χ2n) is 12.6. The van der Waals surface area contributed by atoms with Crippen LogP contribution in [0.15, 0.2) is 54.6 Å². The number of aryl methyl sites for hydroxylation is 3. The van der Waals surface area contributed by atoms with Gasteiger partial charge in [0, 0.05) is 5.56 Å². The molecule has 42 heavy (non-hydrogen) atoms. The lowest BCUT2D eigenvalue weighted by atomic mass is 9.77. The smallest absolute Gasteiger partial charge is 0.145 e. The summed E-state index contributed by atoms with van der Waals surface area (Å²) in [4.78, 5) is 0. The van der Waals surface area contributed by atoms with Crippen LogP contribution in [0.3, 0.4) is 0 Å².